The molecular weight excluding hydrogens is 478 g/mol. The van der Waals surface area contributed by atoms with E-state index >= 15 is 0 Å². The fourth-order valence-corrected chi connectivity index (χ4v) is 4.80. The molecule has 0 saturated carbocycles. The molecule has 39 heavy (non-hydrogen) atoms. The SMILES string of the molecule is c1ccc(-c2cc(-c3cccc(-c4cccc5oc(-c6ccccc6)nc45)c3)nc(-c3ccccc3)n2)cc1. The maximum Gasteiger partial charge on any atom is 0.227 e. The number of hydrogen-bond donors (Lipinski definition) is 0. The van der Waals surface area contributed by atoms with Gasteiger partial charge in [0, 0.05) is 27.8 Å². The summed E-state index contributed by atoms with van der Waals surface area (Å²) in [6.07, 6.45) is 0. The molecule has 2 heterocycles. The lowest BCUT2D eigenvalue weighted by Crippen LogP contribution is -1.96. The van der Waals surface area contributed by atoms with E-state index in [0.717, 1.165) is 55.9 Å². The summed E-state index contributed by atoms with van der Waals surface area (Å²) < 4.78 is 6.13. The topological polar surface area (TPSA) is 51.8 Å². The molecule has 0 aliphatic carbocycles. The fraction of sp³-hybridized carbons (Fsp3) is 0. The summed E-state index contributed by atoms with van der Waals surface area (Å²) in [4.78, 5) is 14.8. The molecule has 0 aliphatic heterocycles. The Balaban J connectivity index is 1.36. The van der Waals surface area contributed by atoms with Crippen molar-refractivity contribution in [1.82, 2.24) is 15.0 Å². The van der Waals surface area contributed by atoms with Gasteiger partial charge in [-0.05, 0) is 35.9 Å². The predicted octanol–water partition coefficient (Wildman–Crippen LogP) is 8.95. The van der Waals surface area contributed by atoms with Gasteiger partial charge in [-0.25, -0.2) is 15.0 Å². The van der Waals surface area contributed by atoms with Crippen molar-refractivity contribution in [3.05, 3.63) is 140 Å². The maximum atomic E-state index is 6.13. The number of benzene rings is 5. The number of rotatable bonds is 5. The van der Waals surface area contributed by atoms with Gasteiger partial charge < -0.3 is 4.42 Å². The average Bonchev–Trinajstić information content (AvgIpc) is 3.47. The molecule has 7 rings (SSSR count). The third-order valence-electron chi connectivity index (χ3n) is 6.74. The summed E-state index contributed by atoms with van der Waals surface area (Å²) in [5.41, 5.74) is 9.40. The summed E-state index contributed by atoms with van der Waals surface area (Å²) in [6, 6.07) is 46.9. The van der Waals surface area contributed by atoms with Crippen molar-refractivity contribution in [3.63, 3.8) is 0 Å². The van der Waals surface area contributed by atoms with Crippen LogP contribution in [0.2, 0.25) is 0 Å². The zero-order valence-corrected chi connectivity index (χ0v) is 21.0. The molecule has 0 unspecified atom stereocenters. The van der Waals surface area contributed by atoms with Crippen molar-refractivity contribution >= 4 is 11.1 Å². The highest BCUT2D eigenvalue weighted by Gasteiger charge is 2.15. The maximum absolute atomic E-state index is 6.13. The van der Waals surface area contributed by atoms with Crippen molar-refractivity contribution in [2.45, 2.75) is 0 Å². The van der Waals surface area contributed by atoms with E-state index in [1.807, 2.05) is 91.0 Å². The predicted molar refractivity (Wildman–Crippen MR) is 157 cm³/mol. The minimum atomic E-state index is 0.616. The van der Waals surface area contributed by atoms with Crippen LogP contribution in [-0.4, -0.2) is 15.0 Å². The molecule has 0 saturated heterocycles. The van der Waals surface area contributed by atoms with Crippen LogP contribution in [0.4, 0.5) is 0 Å². The Labute approximate surface area is 226 Å². The Hall–Kier alpha value is -5.35. The van der Waals surface area contributed by atoms with Crippen LogP contribution >= 0.6 is 0 Å². The van der Waals surface area contributed by atoms with E-state index in [1.165, 1.54) is 0 Å². The lowest BCUT2D eigenvalue weighted by Gasteiger charge is -2.10. The highest BCUT2D eigenvalue weighted by Crippen LogP contribution is 2.34. The average molecular weight is 502 g/mol. The molecule has 0 bridgehead atoms. The molecule has 0 N–H and O–H groups in total. The molecule has 0 fully saturated rings. The van der Waals surface area contributed by atoms with E-state index < -0.39 is 0 Å². The van der Waals surface area contributed by atoms with Crippen LogP contribution in [0.25, 0.3) is 67.6 Å². The number of nitrogens with zero attached hydrogens (tertiary/aromatic N) is 3. The first-order chi connectivity index (χ1) is 19.3. The van der Waals surface area contributed by atoms with Crippen LogP contribution in [0.1, 0.15) is 0 Å². The lowest BCUT2D eigenvalue weighted by atomic mass is 9.99. The van der Waals surface area contributed by atoms with Gasteiger partial charge in [-0.1, -0.05) is 109 Å². The Kier molecular flexibility index (Phi) is 5.76. The van der Waals surface area contributed by atoms with Crippen LogP contribution in [0.5, 0.6) is 0 Å². The summed E-state index contributed by atoms with van der Waals surface area (Å²) in [7, 11) is 0. The van der Waals surface area contributed by atoms with Gasteiger partial charge in [0.2, 0.25) is 5.89 Å². The highest BCUT2D eigenvalue weighted by atomic mass is 16.3. The van der Waals surface area contributed by atoms with Gasteiger partial charge in [0.05, 0.1) is 11.4 Å². The van der Waals surface area contributed by atoms with Crippen molar-refractivity contribution in [3.8, 4) is 56.5 Å². The number of fused-ring (bicyclic) bond motifs is 1. The van der Waals surface area contributed by atoms with E-state index in [0.29, 0.717) is 11.7 Å². The van der Waals surface area contributed by atoms with E-state index in [9.17, 15) is 0 Å². The van der Waals surface area contributed by atoms with Gasteiger partial charge in [0.25, 0.3) is 0 Å². The second kappa shape index (κ2) is 9.84. The van der Waals surface area contributed by atoms with Gasteiger partial charge in [0.1, 0.15) is 5.52 Å². The van der Waals surface area contributed by atoms with Gasteiger partial charge in [0.15, 0.2) is 11.4 Å². The standard InChI is InChI=1S/C35H23N3O/c1-4-12-24(13-5-1)30-23-31(37-34(36-30)25-14-6-2-7-15-25)28-19-10-18-27(22-28)29-20-11-21-32-33(29)38-35(39-32)26-16-8-3-9-17-26/h1-23H. The highest BCUT2D eigenvalue weighted by molar-refractivity contribution is 5.93. The van der Waals surface area contributed by atoms with Crippen LogP contribution in [0.15, 0.2) is 144 Å². The van der Waals surface area contributed by atoms with Crippen LogP contribution < -0.4 is 0 Å². The third-order valence-corrected chi connectivity index (χ3v) is 6.74. The lowest BCUT2D eigenvalue weighted by molar-refractivity contribution is 0.620. The first-order valence-corrected chi connectivity index (χ1v) is 12.9. The molecule has 4 heteroatoms. The zero-order valence-electron chi connectivity index (χ0n) is 21.0. The third kappa shape index (κ3) is 4.49. The Morgan fingerprint density at radius 2 is 0.974 bits per heavy atom. The van der Waals surface area contributed by atoms with E-state index in [4.69, 9.17) is 19.4 Å². The van der Waals surface area contributed by atoms with Crippen molar-refractivity contribution < 1.29 is 4.42 Å². The van der Waals surface area contributed by atoms with Crippen LogP contribution in [-0.2, 0) is 0 Å². The van der Waals surface area contributed by atoms with Gasteiger partial charge >= 0.3 is 0 Å². The van der Waals surface area contributed by atoms with E-state index in [-0.39, 0.29) is 0 Å². The van der Waals surface area contributed by atoms with Crippen molar-refractivity contribution in [2.24, 2.45) is 0 Å². The monoisotopic (exact) mass is 501 g/mol. The zero-order chi connectivity index (χ0) is 26.0. The van der Waals surface area contributed by atoms with Crippen molar-refractivity contribution in [2.75, 3.05) is 0 Å². The summed E-state index contributed by atoms with van der Waals surface area (Å²) >= 11 is 0. The van der Waals surface area contributed by atoms with Gasteiger partial charge in [-0.2, -0.15) is 0 Å². The summed E-state index contributed by atoms with van der Waals surface area (Å²) in [5.74, 6) is 1.31. The van der Waals surface area contributed by atoms with E-state index in [1.54, 1.807) is 0 Å². The number of hydrogen-bond acceptors (Lipinski definition) is 4. The van der Waals surface area contributed by atoms with Gasteiger partial charge in [-0.3, -0.25) is 0 Å². The first kappa shape index (κ1) is 22.8. The Morgan fingerprint density at radius 1 is 0.410 bits per heavy atom. The molecule has 0 atom stereocenters. The molecule has 7 aromatic rings. The molecule has 0 amide bonds. The second-order valence-corrected chi connectivity index (χ2v) is 9.31. The fourth-order valence-electron chi connectivity index (χ4n) is 4.80. The number of oxazole rings is 1. The van der Waals surface area contributed by atoms with Crippen LogP contribution in [0, 0.1) is 0 Å². The molecule has 0 aliphatic rings. The molecule has 0 spiro atoms. The Bertz CT molecular complexity index is 1840. The molecule has 2 aromatic heterocycles. The quantitative estimate of drug-likeness (QED) is 0.236. The summed E-state index contributed by atoms with van der Waals surface area (Å²) in [6.45, 7) is 0. The largest absolute Gasteiger partial charge is 0.436 e. The first-order valence-electron chi connectivity index (χ1n) is 12.9. The summed E-state index contributed by atoms with van der Waals surface area (Å²) in [5, 5.41) is 0. The molecular formula is C35H23N3O. The molecule has 4 nitrogen and oxygen atoms in total. The molecule has 5 aromatic carbocycles. The minimum Gasteiger partial charge on any atom is -0.436 e. The minimum absolute atomic E-state index is 0.616. The van der Waals surface area contributed by atoms with Crippen molar-refractivity contribution in [1.29, 1.82) is 0 Å². The number of para-hydroxylation sites is 1. The van der Waals surface area contributed by atoms with E-state index in [2.05, 4.69) is 48.5 Å². The number of aromatic nitrogens is 3. The molecule has 0 radical (unpaired) electrons. The normalized spacial score (nSPS) is 11.1. The smallest absolute Gasteiger partial charge is 0.227 e. The second-order valence-electron chi connectivity index (χ2n) is 9.31. The molecule has 184 valence electrons. The Morgan fingerprint density at radius 3 is 1.69 bits per heavy atom. The van der Waals surface area contributed by atoms with Gasteiger partial charge in [-0.15, -0.1) is 0 Å². The van der Waals surface area contributed by atoms with Crippen LogP contribution in [0.3, 0.4) is 0 Å².